The minimum Gasteiger partial charge on any atom is -0.547 e. The van der Waals surface area contributed by atoms with Gasteiger partial charge in [-0.05, 0) is 12.8 Å². The number of carbonyl (C=O) groups excluding carboxylic acids is 1. The van der Waals surface area contributed by atoms with Crippen LogP contribution in [0.25, 0.3) is 0 Å². The topological polar surface area (TPSA) is 52.7 Å². The summed E-state index contributed by atoms with van der Waals surface area (Å²) >= 11 is 0. The van der Waals surface area contributed by atoms with Crippen molar-refractivity contribution in [3.05, 3.63) is 0 Å². The van der Waals surface area contributed by atoms with Gasteiger partial charge >= 0.3 is 0 Å². The van der Waals surface area contributed by atoms with Gasteiger partial charge in [-0.15, -0.1) is 0 Å². The van der Waals surface area contributed by atoms with Crippen LogP contribution in [-0.2, 0) is 9.53 Å². The molecule has 1 saturated carbocycles. The second-order valence-corrected chi connectivity index (χ2v) is 3.09. The third kappa shape index (κ3) is 0.669. The molecule has 3 nitrogen and oxygen atoms in total. The maximum Gasteiger partial charge on any atom is 0.127 e. The van der Waals surface area contributed by atoms with E-state index in [0.29, 0.717) is 0 Å². The Bertz CT molecular complexity index is 170. The lowest BCUT2D eigenvalue weighted by Gasteiger charge is -2.00. The lowest BCUT2D eigenvalue weighted by molar-refractivity contribution is -0.307. The maximum atomic E-state index is 10.3. The van der Waals surface area contributed by atoms with Crippen LogP contribution >= 0.6 is 0 Å². The van der Waals surface area contributed by atoms with Crippen LogP contribution in [0, 0.1) is 0 Å². The van der Waals surface area contributed by atoms with Gasteiger partial charge in [0.1, 0.15) is 11.7 Å². The van der Waals surface area contributed by atoms with E-state index < -0.39 is 12.1 Å². The first-order chi connectivity index (χ1) is 4.75. The first kappa shape index (κ1) is 6.16. The highest BCUT2D eigenvalue weighted by atomic mass is 16.6. The molecule has 3 heteroatoms. The van der Waals surface area contributed by atoms with E-state index in [1.165, 1.54) is 0 Å². The van der Waals surface area contributed by atoms with E-state index in [1.807, 2.05) is 0 Å². The summed E-state index contributed by atoms with van der Waals surface area (Å²) in [6.07, 6.45) is 3.43. The highest BCUT2D eigenvalue weighted by Gasteiger charge is 2.58. The molecule has 1 aliphatic carbocycles. The van der Waals surface area contributed by atoms with Crippen molar-refractivity contribution >= 4 is 5.97 Å². The van der Waals surface area contributed by atoms with Gasteiger partial charge in [0.15, 0.2) is 0 Å². The molecular formula is C7H9O3-. The van der Waals surface area contributed by atoms with E-state index >= 15 is 0 Å². The van der Waals surface area contributed by atoms with Crippen LogP contribution in [0.1, 0.15) is 25.7 Å². The number of aliphatic carboxylic acids is 1. The third-order valence-corrected chi connectivity index (χ3v) is 2.44. The zero-order valence-corrected chi connectivity index (χ0v) is 5.63. The van der Waals surface area contributed by atoms with Crippen LogP contribution in [0.5, 0.6) is 0 Å². The van der Waals surface area contributed by atoms with Gasteiger partial charge in [0.25, 0.3) is 0 Å². The number of carboxylic acid groups (broad SMARTS) is 1. The Morgan fingerprint density at radius 3 is 2.50 bits per heavy atom. The smallest absolute Gasteiger partial charge is 0.127 e. The molecule has 0 aromatic carbocycles. The molecule has 0 radical (unpaired) electrons. The summed E-state index contributed by atoms with van der Waals surface area (Å²) in [5, 5.41) is 10.3. The Morgan fingerprint density at radius 2 is 2.10 bits per heavy atom. The monoisotopic (exact) mass is 141 g/mol. The highest BCUT2D eigenvalue weighted by molar-refractivity contribution is 5.75. The first-order valence-corrected chi connectivity index (χ1v) is 3.63. The van der Waals surface area contributed by atoms with E-state index in [9.17, 15) is 9.90 Å². The van der Waals surface area contributed by atoms with Crippen molar-refractivity contribution in [1.82, 2.24) is 0 Å². The Labute approximate surface area is 59.0 Å². The van der Waals surface area contributed by atoms with Crippen molar-refractivity contribution in [1.29, 1.82) is 0 Å². The number of rotatable bonds is 1. The largest absolute Gasteiger partial charge is 0.547 e. The Kier molecular flexibility index (Phi) is 1.06. The van der Waals surface area contributed by atoms with E-state index in [4.69, 9.17) is 4.74 Å². The lowest BCUT2D eigenvalue weighted by Crippen LogP contribution is -2.32. The summed E-state index contributed by atoms with van der Waals surface area (Å²) in [6.45, 7) is 0. The van der Waals surface area contributed by atoms with Crippen molar-refractivity contribution in [2.75, 3.05) is 0 Å². The van der Waals surface area contributed by atoms with Crippen LogP contribution < -0.4 is 5.11 Å². The number of carbonyl (C=O) groups is 1. The zero-order chi connectivity index (χ0) is 7.19. The van der Waals surface area contributed by atoms with E-state index in [-0.39, 0.29) is 5.60 Å². The minimum absolute atomic E-state index is 0.279. The maximum absolute atomic E-state index is 10.3. The molecule has 56 valence electrons. The van der Waals surface area contributed by atoms with Crippen LogP contribution in [0.4, 0.5) is 0 Å². The molecule has 2 fully saturated rings. The molecule has 1 spiro atoms. The van der Waals surface area contributed by atoms with Crippen molar-refractivity contribution < 1.29 is 14.6 Å². The average Bonchev–Trinajstić information content (AvgIpc) is 2.32. The van der Waals surface area contributed by atoms with Gasteiger partial charge in [-0.2, -0.15) is 0 Å². The number of epoxide rings is 1. The summed E-state index contributed by atoms with van der Waals surface area (Å²) < 4.78 is 5.06. The van der Waals surface area contributed by atoms with Crippen LogP contribution in [-0.4, -0.2) is 17.7 Å². The first-order valence-electron chi connectivity index (χ1n) is 3.63. The average molecular weight is 141 g/mol. The van der Waals surface area contributed by atoms with Crippen LogP contribution in [0.3, 0.4) is 0 Å². The van der Waals surface area contributed by atoms with E-state index in [0.717, 1.165) is 25.7 Å². The van der Waals surface area contributed by atoms with Crippen molar-refractivity contribution in [2.45, 2.75) is 37.4 Å². The minimum atomic E-state index is -1.04. The fourth-order valence-electron chi connectivity index (χ4n) is 1.82. The van der Waals surface area contributed by atoms with Crippen molar-refractivity contribution in [2.24, 2.45) is 0 Å². The molecule has 1 atom stereocenters. The predicted molar refractivity (Wildman–Crippen MR) is 31.1 cm³/mol. The lowest BCUT2D eigenvalue weighted by atomic mass is 10.0. The van der Waals surface area contributed by atoms with E-state index in [2.05, 4.69) is 0 Å². The Hall–Kier alpha value is -0.570. The Balaban J connectivity index is 2.04. The standard InChI is InChI=1S/C7H10O3/c8-6(9)5-7(10-5)3-1-2-4-7/h5H,1-4H2,(H,8,9)/p-1. The highest BCUT2D eigenvalue weighted by Crippen LogP contribution is 2.49. The molecule has 2 aliphatic rings. The summed E-state index contributed by atoms with van der Waals surface area (Å²) in [5.74, 6) is -1.04. The molecule has 2 rings (SSSR count). The molecule has 1 unspecified atom stereocenters. The van der Waals surface area contributed by atoms with Gasteiger partial charge < -0.3 is 14.6 Å². The van der Waals surface area contributed by atoms with Crippen LogP contribution in [0.2, 0.25) is 0 Å². The molecule has 1 heterocycles. The van der Waals surface area contributed by atoms with Gasteiger partial charge in [0.2, 0.25) is 0 Å². The number of hydrogen-bond donors (Lipinski definition) is 0. The van der Waals surface area contributed by atoms with Gasteiger partial charge in [-0.3, -0.25) is 0 Å². The molecule has 0 aromatic heterocycles. The fourth-order valence-corrected chi connectivity index (χ4v) is 1.82. The van der Waals surface area contributed by atoms with Crippen molar-refractivity contribution in [3.8, 4) is 0 Å². The molecule has 1 saturated heterocycles. The Morgan fingerprint density at radius 1 is 1.50 bits per heavy atom. The number of hydrogen-bond acceptors (Lipinski definition) is 3. The van der Waals surface area contributed by atoms with Crippen molar-refractivity contribution in [3.63, 3.8) is 0 Å². The SMILES string of the molecule is O=C([O-])C1OC12CCCC2. The van der Waals surface area contributed by atoms with E-state index in [1.54, 1.807) is 0 Å². The third-order valence-electron chi connectivity index (χ3n) is 2.44. The molecular weight excluding hydrogens is 132 g/mol. The molecule has 0 bridgehead atoms. The second-order valence-electron chi connectivity index (χ2n) is 3.09. The number of carboxylic acids is 1. The molecule has 0 N–H and O–H groups in total. The molecule has 10 heavy (non-hydrogen) atoms. The van der Waals surface area contributed by atoms with Gasteiger partial charge in [-0.1, -0.05) is 12.8 Å². The quantitative estimate of drug-likeness (QED) is 0.460. The van der Waals surface area contributed by atoms with Gasteiger partial charge in [0, 0.05) is 0 Å². The normalized spacial score (nSPS) is 34.6. The predicted octanol–water partition coefficient (Wildman–Crippen LogP) is -0.552. The summed E-state index contributed by atoms with van der Waals surface area (Å²) in [6, 6.07) is 0. The zero-order valence-electron chi connectivity index (χ0n) is 5.63. The van der Waals surface area contributed by atoms with Gasteiger partial charge in [-0.25, -0.2) is 0 Å². The molecule has 1 aliphatic heterocycles. The molecule has 0 aromatic rings. The van der Waals surface area contributed by atoms with Gasteiger partial charge in [0.05, 0.1) is 5.97 Å². The summed E-state index contributed by atoms with van der Waals surface area (Å²) in [5.41, 5.74) is -0.279. The fraction of sp³-hybridized carbons (Fsp3) is 0.857. The summed E-state index contributed by atoms with van der Waals surface area (Å²) in [7, 11) is 0. The second kappa shape index (κ2) is 1.72. The summed E-state index contributed by atoms with van der Waals surface area (Å²) in [4.78, 5) is 10.3. The molecule has 0 amide bonds. The number of ether oxygens (including phenoxy) is 1. The van der Waals surface area contributed by atoms with Crippen LogP contribution in [0.15, 0.2) is 0 Å².